The first-order chi connectivity index (χ1) is 15.0. The average molecular weight is 462 g/mol. The number of nitrogens with one attached hydrogen (secondary N) is 2. The molecule has 3 heterocycles. The number of hydrogen-bond donors (Lipinski definition) is 2. The molecule has 2 atom stereocenters. The molecule has 0 saturated carbocycles. The maximum Gasteiger partial charge on any atom is 0.261 e. The molecule has 0 aliphatic carbocycles. The zero-order valence-electron chi connectivity index (χ0n) is 17.1. The maximum atomic E-state index is 12.9. The summed E-state index contributed by atoms with van der Waals surface area (Å²) in [4.78, 5) is 33.0. The minimum absolute atomic E-state index is 0.0324. The van der Waals surface area contributed by atoms with Crippen molar-refractivity contribution in [1.29, 1.82) is 0 Å². The second-order valence-corrected chi connectivity index (χ2v) is 9.19. The van der Waals surface area contributed by atoms with E-state index in [9.17, 15) is 9.59 Å². The molecule has 2 amide bonds. The summed E-state index contributed by atoms with van der Waals surface area (Å²) in [6, 6.07) is 11.0. The highest BCUT2D eigenvalue weighted by atomic mass is 35.5. The van der Waals surface area contributed by atoms with Crippen LogP contribution in [0.1, 0.15) is 38.4 Å². The number of hydrogen-bond acceptors (Lipinski definition) is 6. The van der Waals surface area contributed by atoms with Crippen molar-refractivity contribution in [2.45, 2.75) is 25.0 Å². The molecule has 31 heavy (non-hydrogen) atoms. The highest BCUT2D eigenvalue weighted by molar-refractivity contribution is 7.18. The lowest BCUT2D eigenvalue weighted by Gasteiger charge is -2.24. The summed E-state index contributed by atoms with van der Waals surface area (Å²) in [5.41, 5.74) is 5.26. The van der Waals surface area contributed by atoms with Crippen LogP contribution in [0.3, 0.4) is 0 Å². The molecule has 2 aromatic rings. The largest absolute Gasteiger partial charge is 0.383 e. The topological polar surface area (TPSA) is 79.9 Å². The summed E-state index contributed by atoms with van der Waals surface area (Å²) in [6.45, 7) is 1.66. The quantitative estimate of drug-likeness (QED) is 0.661. The number of ether oxygens (including phenoxy) is 1. The summed E-state index contributed by atoms with van der Waals surface area (Å²) in [5.74, 6) is -0.149. The Morgan fingerprint density at radius 3 is 2.81 bits per heavy atom. The Morgan fingerprint density at radius 2 is 2.10 bits per heavy atom. The van der Waals surface area contributed by atoms with Crippen LogP contribution in [0.5, 0.6) is 0 Å². The van der Waals surface area contributed by atoms with E-state index in [2.05, 4.69) is 10.8 Å². The van der Waals surface area contributed by atoms with Gasteiger partial charge in [0.15, 0.2) is 0 Å². The summed E-state index contributed by atoms with van der Waals surface area (Å²) in [7, 11) is 1.66. The van der Waals surface area contributed by atoms with Crippen LogP contribution < -0.4 is 10.8 Å². The van der Waals surface area contributed by atoms with Gasteiger partial charge in [0.05, 0.1) is 34.1 Å². The first-order valence-corrected chi connectivity index (χ1v) is 11.3. The van der Waals surface area contributed by atoms with Gasteiger partial charge in [0.2, 0.25) is 0 Å². The van der Waals surface area contributed by atoms with Gasteiger partial charge in [-0.25, -0.2) is 0 Å². The number of methoxy groups -OCH3 is 1. The van der Waals surface area contributed by atoms with Gasteiger partial charge >= 0.3 is 0 Å². The van der Waals surface area contributed by atoms with Gasteiger partial charge in [0, 0.05) is 19.2 Å². The number of rotatable bonds is 7. The molecule has 1 unspecified atom stereocenters. The van der Waals surface area contributed by atoms with Gasteiger partial charge in [0.1, 0.15) is 6.10 Å². The standard InChI is InChI=1S/C22H24ClN3O4S/c1-29-13-16-3-2-10-26(16)22(28)15-6-4-14(5-7-15)18-11-17(30-25-18)12-24-21(27)19-8-9-20(23)31-19/h4-9,11,16-17,25H,2-3,10,12-13H2,1H3,(H,24,27)/t16-,17?/m1/s1. The zero-order valence-corrected chi connectivity index (χ0v) is 18.7. The second-order valence-electron chi connectivity index (χ2n) is 7.48. The fraction of sp³-hybridized carbons (Fsp3) is 0.364. The van der Waals surface area contributed by atoms with Gasteiger partial charge in [-0.2, -0.15) is 0 Å². The Hall–Kier alpha value is -2.39. The number of carbonyl (C=O) groups excluding carboxylic acids is 2. The fourth-order valence-corrected chi connectivity index (χ4v) is 4.75. The number of benzene rings is 1. The van der Waals surface area contributed by atoms with Gasteiger partial charge in [-0.15, -0.1) is 11.3 Å². The van der Waals surface area contributed by atoms with Crippen LogP contribution in [-0.4, -0.2) is 55.7 Å². The van der Waals surface area contributed by atoms with Gasteiger partial charge in [0.25, 0.3) is 11.8 Å². The molecule has 1 aromatic carbocycles. The third kappa shape index (κ3) is 5.10. The van der Waals surface area contributed by atoms with Crippen molar-refractivity contribution in [1.82, 2.24) is 15.7 Å². The lowest BCUT2D eigenvalue weighted by molar-refractivity contribution is 0.0499. The Labute approximate surface area is 189 Å². The molecule has 1 aromatic heterocycles. The van der Waals surface area contributed by atoms with E-state index in [0.717, 1.165) is 30.6 Å². The number of likely N-dealkylation sites (tertiary alicyclic amines) is 1. The Bertz CT molecular complexity index is 975. The maximum absolute atomic E-state index is 12.9. The van der Waals surface area contributed by atoms with Crippen LogP contribution in [0.4, 0.5) is 0 Å². The van der Waals surface area contributed by atoms with Crippen LogP contribution in [-0.2, 0) is 9.57 Å². The number of halogens is 1. The Balaban J connectivity index is 1.34. The van der Waals surface area contributed by atoms with Gasteiger partial charge in [-0.1, -0.05) is 23.7 Å². The molecule has 4 rings (SSSR count). The molecule has 1 fully saturated rings. The van der Waals surface area contributed by atoms with Crippen molar-refractivity contribution in [2.75, 3.05) is 26.8 Å². The molecule has 1 saturated heterocycles. The molecule has 9 heteroatoms. The predicted octanol–water partition coefficient (Wildman–Crippen LogP) is 3.33. The molecule has 0 bridgehead atoms. The second kappa shape index (κ2) is 9.82. The Kier molecular flexibility index (Phi) is 6.92. The lowest BCUT2D eigenvalue weighted by Crippen LogP contribution is -2.38. The van der Waals surface area contributed by atoms with Crippen molar-refractivity contribution in [3.8, 4) is 0 Å². The fourth-order valence-electron chi connectivity index (χ4n) is 3.79. The van der Waals surface area contributed by atoms with Crippen molar-refractivity contribution in [2.24, 2.45) is 0 Å². The van der Waals surface area contributed by atoms with Crippen molar-refractivity contribution in [3.63, 3.8) is 0 Å². The molecule has 0 radical (unpaired) electrons. The normalized spacial score (nSPS) is 20.5. The van der Waals surface area contributed by atoms with Crippen molar-refractivity contribution in [3.05, 3.63) is 62.8 Å². The SMILES string of the molecule is COC[C@H]1CCCN1C(=O)c1ccc(C2=CC(CNC(=O)c3ccc(Cl)s3)ON2)cc1. The first kappa shape index (κ1) is 21.8. The highest BCUT2D eigenvalue weighted by Gasteiger charge is 2.29. The molecule has 2 aliphatic rings. The van der Waals surface area contributed by atoms with E-state index in [-0.39, 0.29) is 24.0 Å². The molecular weight excluding hydrogens is 438 g/mol. The van der Waals surface area contributed by atoms with Crippen molar-refractivity contribution < 1.29 is 19.2 Å². The van der Waals surface area contributed by atoms with E-state index >= 15 is 0 Å². The lowest BCUT2D eigenvalue weighted by atomic mass is 10.1. The average Bonchev–Trinajstić information content (AvgIpc) is 3.53. The van der Waals surface area contributed by atoms with E-state index in [1.807, 2.05) is 35.2 Å². The van der Waals surface area contributed by atoms with E-state index < -0.39 is 0 Å². The summed E-state index contributed by atoms with van der Waals surface area (Å²) in [6.07, 6.45) is 3.59. The van der Waals surface area contributed by atoms with Gasteiger partial charge in [-0.05, 0) is 48.7 Å². The molecule has 2 N–H and O–H groups in total. The number of nitrogens with zero attached hydrogens (tertiary/aromatic N) is 1. The van der Waals surface area contributed by atoms with Gasteiger partial charge in [-0.3, -0.25) is 19.9 Å². The van der Waals surface area contributed by atoms with E-state index in [0.29, 0.717) is 27.9 Å². The monoisotopic (exact) mass is 461 g/mol. The molecule has 164 valence electrons. The minimum Gasteiger partial charge on any atom is -0.383 e. The van der Waals surface area contributed by atoms with Crippen molar-refractivity contribution >= 4 is 40.4 Å². The third-order valence-electron chi connectivity index (χ3n) is 5.37. The van der Waals surface area contributed by atoms with E-state index in [4.69, 9.17) is 21.2 Å². The van der Waals surface area contributed by atoms with Crippen LogP contribution in [0.2, 0.25) is 4.34 Å². The molecular formula is C22H24ClN3O4S. The number of carbonyl (C=O) groups is 2. The van der Waals surface area contributed by atoms with Crippen LogP contribution in [0, 0.1) is 0 Å². The minimum atomic E-state index is -0.296. The zero-order chi connectivity index (χ0) is 21.8. The molecule has 2 aliphatic heterocycles. The van der Waals surface area contributed by atoms with Gasteiger partial charge < -0.3 is 15.0 Å². The highest BCUT2D eigenvalue weighted by Crippen LogP contribution is 2.24. The predicted molar refractivity (Wildman–Crippen MR) is 120 cm³/mol. The Morgan fingerprint density at radius 1 is 1.29 bits per heavy atom. The number of hydroxylamine groups is 1. The number of amides is 2. The first-order valence-electron chi connectivity index (χ1n) is 10.1. The molecule has 0 spiro atoms. The van der Waals surface area contributed by atoms with E-state index in [1.165, 1.54) is 11.3 Å². The van der Waals surface area contributed by atoms with Crippen LogP contribution in [0.25, 0.3) is 5.70 Å². The summed E-state index contributed by atoms with van der Waals surface area (Å²) in [5, 5.41) is 2.84. The van der Waals surface area contributed by atoms with E-state index in [1.54, 1.807) is 19.2 Å². The van der Waals surface area contributed by atoms with Crippen LogP contribution >= 0.6 is 22.9 Å². The number of thiophene rings is 1. The third-order valence-corrected chi connectivity index (χ3v) is 6.60. The van der Waals surface area contributed by atoms with Crippen LogP contribution in [0.15, 0.2) is 42.5 Å². The summed E-state index contributed by atoms with van der Waals surface area (Å²) < 4.78 is 5.82. The molecule has 7 nitrogen and oxygen atoms in total. The summed E-state index contributed by atoms with van der Waals surface area (Å²) >= 11 is 7.11. The smallest absolute Gasteiger partial charge is 0.261 e.